The summed E-state index contributed by atoms with van der Waals surface area (Å²) in [5, 5.41) is 0. The molecule has 3 nitrogen and oxygen atoms in total. The summed E-state index contributed by atoms with van der Waals surface area (Å²) in [6, 6.07) is 3.81. The van der Waals surface area contributed by atoms with Crippen molar-refractivity contribution in [1.29, 1.82) is 0 Å². The SMILES string of the molecule is COc1cc(C)cc(OC)c1OC.Cc1c(F)c(C)c(F)c(C)c1F. The highest BCUT2D eigenvalue weighted by Crippen LogP contribution is 2.37. The molecule has 138 valence electrons. The second-order valence-electron chi connectivity index (χ2n) is 5.52. The maximum absolute atomic E-state index is 13.0. The minimum atomic E-state index is -0.796. The summed E-state index contributed by atoms with van der Waals surface area (Å²) >= 11 is 0. The van der Waals surface area contributed by atoms with E-state index in [0.717, 1.165) is 5.56 Å². The fraction of sp³-hybridized carbons (Fsp3) is 0.368. The molecule has 25 heavy (non-hydrogen) atoms. The lowest BCUT2D eigenvalue weighted by Gasteiger charge is -2.12. The summed E-state index contributed by atoms with van der Waals surface area (Å²) in [5.74, 6) is -0.365. The molecule has 6 heteroatoms. The molecule has 0 amide bonds. The minimum absolute atomic E-state index is 0.119. The van der Waals surface area contributed by atoms with Crippen LogP contribution >= 0.6 is 0 Å². The first-order chi connectivity index (χ1) is 11.7. The second kappa shape index (κ2) is 8.65. The molecular weight excluding hydrogens is 333 g/mol. The minimum Gasteiger partial charge on any atom is -0.493 e. The Morgan fingerprint density at radius 2 is 0.920 bits per heavy atom. The Hall–Kier alpha value is -2.37. The second-order valence-corrected chi connectivity index (χ2v) is 5.52. The smallest absolute Gasteiger partial charge is 0.203 e. The molecule has 2 aromatic carbocycles. The lowest BCUT2D eigenvalue weighted by molar-refractivity contribution is 0.324. The van der Waals surface area contributed by atoms with Crippen molar-refractivity contribution in [2.24, 2.45) is 0 Å². The fourth-order valence-electron chi connectivity index (χ4n) is 2.34. The van der Waals surface area contributed by atoms with E-state index >= 15 is 0 Å². The molecule has 0 radical (unpaired) electrons. The van der Waals surface area contributed by atoms with Crippen LogP contribution in [0.2, 0.25) is 0 Å². The lowest BCUT2D eigenvalue weighted by atomic mass is 10.1. The summed E-state index contributed by atoms with van der Waals surface area (Å²) in [5.41, 5.74) is 0.721. The van der Waals surface area contributed by atoms with Gasteiger partial charge in [0.25, 0.3) is 0 Å². The zero-order valence-electron chi connectivity index (χ0n) is 15.5. The van der Waals surface area contributed by atoms with E-state index in [4.69, 9.17) is 14.2 Å². The molecule has 0 unspecified atom stereocenters. The normalized spacial score (nSPS) is 10.0. The lowest BCUT2D eigenvalue weighted by Crippen LogP contribution is -2.01. The number of hydrogen-bond donors (Lipinski definition) is 0. The van der Waals surface area contributed by atoms with Gasteiger partial charge in [-0.25, -0.2) is 13.2 Å². The highest BCUT2D eigenvalue weighted by molar-refractivity contribution is 5.53. The van der Waals surface area contributed by atoms with Crippen LogP contribution in [0.4, 0.5) is 13.2 Å². The summed E-state index contributed by atoms with van der Waals surface area (Å²) in [6.07, 6.45) is 0. The van der Waals surface area contributed by atoms with Crippen LogP contribution in [0.25, 0.3) is 0 Å². The molecule has 2 rings (SSSR count). The van der Waals surface area contributed by atoms with Gasteiger partial charge < -0.3 is 14.2 Å². The Balaban J connectivity index is 0.000000251. The predicted molar refractivity (Wildman–Crippen MR) is 91.4 cm³/mol. The Labute approximate surface area is 146 Å². The first kappa shape index (κ1) is 20.7. The maximum Gasteiger partial charge on any atom is 0.203 e. The molecule has 0 heterocycles. The molecule has 0 aliphatic rings. The quantitative estimate of drug-likeness (QED) is 0.770. The van der Waals surface area contributed by atoms with E-state index in [1.807, 2.05) is 19.1 Å². The third-order valence-electron chi connectivity index (χ3n) is 3.78. The molecule has 0 N–H and O–H groups in total. The first-order valence-electron chi connectivity index (χ1n) is 7.56. The van der Waals surface area contributed by atoms with Gasteiger partial charge in [-0.05, 0) is 45.4 Å². The van der Waals surface area contributed by atoms with Crippen molar-refractivity contribution < 1.29 is 27.4 Å². The fourth-order valence-corrected chi connectivity index (χ4v) is 2.34. The van der Waals surface area contributed by atoms with E-state index in [2.05, 4.69) is 0 Å². The van der Waals surface area contributed by atoms with E-state index in [9.17, 15) is 13.2 Å². The Morgan fingerprint density at radius 1 is 0.600 bits per heavy atom. The topological polar surface area (TPSA) is 27.7 Å². The van der Waals surface area contributed by atoms with Crippen molar-refractivity contribution in [3.63, 3.8) is 0 Å². The van der Waals surface area contributed by atoms with Crippen LogP contribution in [-0.2, 0) is 0 Å². The molecule has 0 saturated heterocycles. The van der Waals surface area contributed by atoms with Gasteiger partial charge in [-0.3, -0.25) is 0 Å². The summed E-state index contributed by atoms with van der Waals surface area (Å²) in [4.78, 5) is 0. The zero-order chi connectivity index (χ0) is 19.3. The van der Waals surface area contributed by atoms with Gasteiger partial charge in [-0.2, -0.15) is 0 Å². The van der Waals surface area contributed by atoms with Gasteiger partial charge in [-0.15, -0.1) is 0 Å². The van der Waals surface area contributed by atoms with Gasteiger partial charge in [0.15, 0.2) is 11.5 Å². The average molecular weight is 356 g/mol. The highest BCUT2D eigenvalue weighted by Gasteiger charge is 2.16. The summed E-state index contributed by atoms with van der Waals surface area (Å²) in [7, 11) is 4.81. The molecule has 0 aromatic heterocycles. The van der Waals surface area contributed by atoms with Crippen LogP contribution in [0.3, 0.4) is 0 Å². The van der Waals surface area contributed by atoms with Crippen molar-refractivity contribution in [1.82, 2.24) is 0 Å². The molecule has 0 saturated carbocycles. The number of ether oxygens (including phenoxy) is 3. The average Bonchev–Trinajstić information content (AvgIpc) is 2.62. The van der Waals surface area contributed by atoms with Gasteiger partial charge in [0.05, 0.1) is 21.3 Å². The van der Waals surface area contributed by atoms with Crippen LogP contribution < -0.4 is 14.2 Å². The van der Waals surface area contributed by atoms with E-state index < -0.39 is 17.5 Å². The van der Waals surface area contributed by atoms with Gasteiger partial charge >= 0.3 is 0 Å². The number of hydrogen-bond acceptors (Lipinski definition) is 3. The molecule has 0 aliphatic heterocycles. The molecule has 0 atom stereocenters. The van der Waals surface area contributed by atoms with Crippen molar-refractivity contribution >= 4 is 0 Å². The van der Waals surface area contributed by atoms with Gasteiger partial charge in [0, 0.05) is 16.7 Å². The van der Waals surface area contributed by atoms with Crippen LogP contribution in [0.15, 0.2) is 12.1 Å². The third-order valence-corrected chi connectivity index (χ3v) is 3.78. The molecule has 0 bridgehead atoms. The number of rotatable bonds is 3. The molecule has 0 aliphatic carbocycles. The summed E-state index contributed by atoms with van der Waals surface area (Å²) in [6.45, 7) is 5.86. The standard InChI is InChI=1S/C10H14O3.C9H9F3/c1-7-5-8(11-2)10(13-4)9(6-7)12-3;1-4-7(10)5(2)9(12)6(3)8(4)11/h5-6H,1-4H3;1-3H3. The number of benzene rings is 2. The number of aryl methyl sites for hydroxylation is 1. The van der Waals surface area contributed by atoms with E-state index in [-0.39, 0.29) is 16.7 Å². The monoisotopic (exact) mass is 356 g/mol. The predicted octanol–water partition coefficient (Wildman–Crippen LogP) is 5.05. The molecular formula is C19H23F3O3. The third kappa shape index (κ3) is 4.38. The van der Waals surface area contributed by atoms with Gasteiger partial charge in [-0.1, -0.05) is 0 Å². The Morgan fingerprint density at radius 3 is 1.16 bits per heavy atom. The van der Waals surface area contributed by atoms with E-state index in [1.165, 1.54) is 20.8 Å². The van der Waals surface area contributed by atoms with Crippen LogP contribution in [0.1, 0.15) is 22.3 Å². The number of halogens is 3. The molecule has 2 aromatic rings. The van der Waals surface area contributed by atoms with Crippen molar-refractivity contribution in [3.05, 3.63) is 51.8 Å². The molecule has 0 fully saturated rings. The summed E-state index contributed by atoms with van der Waals surface area (Å²) < 4.78 is 54.3. The van der Waals surface area contributed by atoms with Crippen LogP contribution in [-0.4, -0.2) is 21.3 Å². The van der Waals surface area contributed by atoms with E-state index in [1.54, 1.807) is 21.3 Å². The van der Waals surface area contributed by atoms with Gasteiger partial charge in [0.2, 0.25) is 5.75 Å². The number of methoxy groups -OCH3 is 3. The molecule has 0 spiro atoms. The zero-order valence-corrected chi connectivity index (χ0v) is 15.5. The maximum atomic E-state index is 13.0. The Bertz CT molecular complexity index is 628. The highest BCUT2D eigenvalue weighted by atomic mass is 19.1. The Kier molecular flexibility index (Phi) is 7.15. The van der Waals surface area contributed by atoms with Crippen molar-refractivity contribution in [3.8, 4) is 17.2 Å². The van der Waals surface area contributed by atoms with E-state index in [0.29, 0.717) is 17.2 Å². The van der Waals surface area contributed by atoms with Crippen molar-refractivity contribution in [2.75, 3.05) is 21.3 Å². The van der Waals surface area contributed by atoms with Crippen LogP contribution in [0, 0.1) is 45.1 Å². The van der Waals surface area contributed by atoms with Crippen LogP contribution in [0.5, 0.6) is 17.2 Å². The van der Waals surface area contributed by atoms with Gasteiger partial charge in [0.1, 0.15) is 17.5 Å². The van der Waals surface area contributed by atoms with Crippen molar-refractivity contribution in [2.45, 2.75) is 27.7 Å². The largest absolute Gasteiger partial charge is 0.493 e. The first-order valence-corrected chi connectivity index (χ1v) is 7.56.